The van der Waals surface area contributed by atoms with Gasteiger partial charge in [0.25, 0.3) is 0 Å². The van der Waals surface area contributed by atoms with Gasteiger partial charge in [0, 0.05) is 17.7 Å². The summed E-state index contributed by atoms with van der Waals surface area (Å²) in [5.41, 5.74) is 0.814. The average Bonchev–Trinajstić information content (AvgIpc) is 2.96. The van der Waals surface area contributed by atoms with Gasteiger partial charge in [0.1, 0.15) is 5.78 Å². The second kappa shape index (κ2) is 7.21. The van der Waals surface area contributed by atoms with E-state index >= 15 is 0 Å². The maximum atomic E-state index is 12.9. The Morgan fingerprint density at radius 2 is 2.14 bits per heavy atom. The monoisotopic (exact) mass is 291 g/mol. The standard InChI is InChI=1S/C17H29N3O/c1-4-7-17(8-10-18-11-9-17)16(21)13-15-6-12-20(19-15)14(3)5-2/h6,12,14,18H,4-5,7-11,13H2,1-3H3. The highest BCUT2D eigenvalue weighted by molar-refractivity contribution is 5.86. The van der Waals surface area contributed by atoms with Crippen LogP contribution in [0.1, 0.15) is 64.6 Å². The quantitative estimate of drug-likeness (QED) is 0.839. The molecule has 1 unspecified atom stereocenters. The second-order valence-corrected chi connectivity index (χ2v) is 6.42. The van der Waals surface area contributed by atoms with Crippen molar-refractivity contribution in [2.75, 3.05) is 13.1 Å². The number of ketones is 1. The van der Waals surface area contributed by atoms with Gasteiger partial charge >= 0.3 is 0 Å². The highest BCUT2D eigenvalue weighted by Gasteiger charge is 2.38. The summed E-state index contributed by atoms with van der Waals surface area (Å²) < 4.78 is 1.98. The lowest BCUT2D eigenvalue weighted by Crippen LogP contribution is -2.42. The van der Waals surface area contributed by atoms with Gasteiger partial charge in [-0.2, -0.15) is 5.10 Å². The number of hydrogen-bond acceptors (Lipinski definition) is 3. The number of piperidine rings is 1. The van der Waals surface area contributed by atoms with E-state index in [1.54, 1.807) is 0 Å². The molecule has 0 bridgehead atoms. The number of carbonyl (C=O) groups is 1. The molecule has 0 radical (unpaired) electrons. The minimum absolute atomic E-state index is 0.111. The van der Waals surface area contributed by atoms with Crippen LogP contribution in [0, 0.1) is 5.41 Å². The van der Waals surface area contributed by atoms with Crippen LogP contribution in [0.5, 0.6) is 0 Å². The van der Waals surface area contributed by atoms with Crippen LogP contribution < -0.4 is 5.32 Å². The summed E-state index contributed by atoms with van der Waals surface area (Å²) in [6, 6.07) is 2.41. The first kappa shape index (κ1) is 16.2. The molecule has 1 aromatic rings. The molecule has 0 aromatic carbocycles. The first-order chi connectivity index (χ1) is 10.1. The van der Waals surface area contributed by atoms with E-state index in [4.69, 9.17) is 0 Å². The SMILES string of the molecule is CCCC1(C(=O)Cc2ccn(C(C)CC)n2)CCNCC1. The molecule has 1 atom stereocenters. The van der Waals surface area contributed by atoms with Gasteiger partial charge in [-0.1, -0.05) is 20.3 Å². The summed E-state index contributed by atoms with van der Waals surface area (Å²) in [7, 11) is 0. The van der Waals surface area contributed by atoms with E-state index in [0.29, 0.717) is 18.2 Å². The summed E-state index contributed by atoms with van der Waals surface area (Å²) in [4.78, 5) is 12.9. The zero-order chi connectivity index (χ0) is 15.3. The number of Topliss-reactive ketones (excluding diaryl/α,β-unsaturated/α-hetero) is 1. The number of hydrogen-bond donors (Lipinski definition) is 1. The number of carbonyl (C=O) groups excluding carboxylic acids is 1. The van der Waals surface area contributed by atoms with Gasteiger partial charge in [0.05, 0.1) is 12.1 Å². The number of nitrogens with one attached hydrogen (secondary N) is 1. The Hall–Kier alpha value is -1.16. The van der Waals surface area contributed by atoms with Crippen molar-refractivity contribution in [2.45, 2.75) is 65.3 Å². The van der Waals surface area contributed by atoms with Crippen LogP contribution in [0.3, 0.4) is 0 Å². The Kier molecular flexibility index (Phi) is 5.57. The van der Waals surface area contributed by atoms with Crippen LogP contribution in [0.25, 0.3) is 0 Å². The molecule has 2 heterocycles. The molecule has 1 fully saturated rings. The van der Waals surface area contributed by atoms with Gasteiger partial charge < -0.3 is 5.32 Å². The lowest BCUT2D eigenvalue weighted by Gasteiger charge is -2.36. The summed E-state index contributed by atoms with van der Waals surface area (Å²) in [5.74, 6) is 0.389. The van der Waals surface area contributed by atoms with E-state index < -0.39 is 0 Å². The summed E-state index contributed by atoms with van der Waals surface area (Å²) >= 11 is 0. The molecule has 1 N–H and O–H groups in total. The van der Waals surface area contributed by atoms with E-state index in [-0.39, 0.29) is 5.41 Å². The van der Waals surface area contributed by atoms with E-state index in [0.717, 1.165) is 50.9 Å². The smallest absolute Gasteiger partial charge is 0.145 e. The summed E-state index contributed by atoms with van der Waals surface area (Å²) in [6.07, 6.45) is 7.60. The topological polar surface area (TPSA) is 46.9 Å². The highest BCUT2D eigenvalue weighted by atomic mass is 16.1. The van der Waals surface area contributed by atoms with Crippen LogP contribution >= 0.6 is 0 Å². The first-order valence-corrected chi connectivity index (χ1v) is 8.39. The van der Waals surface area contributed by atoms with Crippen molar-refractivity contribution >= 4 is 5.78 Å². The van der Waals surface area contributed by atoms with Crippen molar-refractivity contribution in [1.29, 1.82) is 0 Å². The number of rotatable bonds is 7. The van der Waals surface area contributed by atoms with E-state index in [9.17, 15) is 4.79 Å². The number of aromatic nitrogens is 2. The third-order valence-corrected chi connectivity index (χ3v) is 4.93. The molecule has 0 aliphatic carbocycles. The molecule has 2 rings (SSSR count). The van der Waals surface area contributed by atoms with Gasteiger partial charge in [0.2, 0.25) is 0 Å². The van der Waals surface area contributed by atoms with Crippen molar-refractivity contribution in [1.82, 2.24) is 15.1 Å². The molecule has 1 aromatic heterocycles. The molecule has 21 heavy (non-hydrogen) atoms. The lowest BCUT2D eigenvalue weighted by atomic mass is 9.71. The average molecular weight is 291 g/mol. The largest absolute Gasteiger partial charge is 0.317 e. The van der Waals surface area contributed by atoms with Crippen molar-refractivity contribution in [2.24, 2.45) is 5.41 Å². The molecule has 1 saturated heterocycles. The fourth-order valence-corrected chi connectivity index (χ4v) is 3.31. The fraction of sp³-hybridized carbons (Fsp3) is 0.765. The molecule has 1 aliphatic rings. The molecule has 4 nitrogen and oxygen atoms in total. The number of nitrogens with zero attached hydrogens (tertiary/aromatic N) is 2. The second-order valence-electron chi connectivity index (χ2n) is 6.42. The van der Waals surface area contributed by atoms with E-state index in [2.05, 4.69) is 31.2 Å². The fourth-order valence-electron chi connectivity index (χ4n) is 3.31. The zero-order valence-corrected chi connectivity index (χ0v) is 13.7. The molecule has 118 valence electrons. The minimum atomic E-state index is -0.111. The van der Waals surface area contributed by atoms with Gasteiger partial charge in [-0.15, -0.1) is 0 Å². The van der Waals surface area contributed by atoms with Crippen molar-refractivity contribution in [3.05, 3.63) is 18.0 Å². The Morgan fingerprint density at radius 1 is 1.43 bits per heavy atom. The molecule has 0 saturated carbocycles. The van der Waals surface area contributed by atoms with E-state index in [1.807, 2.05) is 16.9 Å². The highest BCUT2D eigenvalue weighted by Crippen LogP contribution is 2.36. The van der Waals surface area contributed by atoms with Crippen molar-refractivity contribution in [3.63, 3.8) is 0 Å². The zero-order valence-electron chi connectivity index (χ0n) is 13.7. The summed E-state index contributed by atoms with van der Waals surface area (Å²) in [6.45, 7) is 8.42. The molecule has 0 spiro atoms. The predicted molar refractivity (Wildman–Crippen MR) is 85.4 cm³/mol. The Labute approximate surface area is 128 Å². The van der Waals surface area contributed by atoms with Gasteiger partial charge in [0.15, 0.2) is 0 Å². The summed E-state index contributed by atoms with van der Waals surface area (Å²) in [5, 5.41) is 7.96. The van der Waals surface area contributed by atoms with Crippen LogP contribution in [0.2, 0.25) is 0 Å². The third-order valence-electron chi connectivity index (χ3n) is 4.93. The van der Waals surface area contributed by atoms with Crippen LogP contribution in [0.15, 0.2) is 12.3 Å². The third kappa shape index (κ3) is 3.73. The minimum Gasteiger partial charge on any atom is -0.317 e. The Morgan fingerprint density at radius 3 is 2.76 bits per heavy atom. The maximum Gasteiger partial charge on any atom is 0.145 e. The lowest BCUT2D eigenvalue weighted by molar-refractivity contribution is -0.130. The van der Waals surface area contributed by atoms with Crippen LogP contribution in [-0.2, 0) is 11.2 Å². The van der Waals surface area contributed by atoms with Crippen LogP contribution in [-0.4, -0.2) is 28.7 Å². The normalized spacial score (nSPS) is 19.4. The molecule has 1 aliphatic heterocycles. The van der Waals surface area contributed by atoms with Gasteiger partial charge in [-0.05, 0) is 51.8 Å². The molecule has 4 heteroatoms. The van der Waals surface area contributed by atoms with Gasteiger partial charge in [-0.3, -0.25) is 9.48 Å². The van der Waals surface area contributed by atoms with Crippen molar-refractivity contribution in [3.8, 4) is 0 Å². The Balaban J connectivity index is 2.06. The maximum absolute atomic E-state index is 12.9. The van der Waals surface area contributed by atoms with Crippen molar-refractivity contribution < 1.29 is 4.79 Å². The molecular weight excluding hydrogens is 262 g/mol. The predicted octanol–water partition coefficient (Wildman–Crippen LogP) is 3.14. The molecular formula is C17H29N3O. The Bertz CT molecular complexity index is 455. The van der Waals surface area contributed by atoms with E-state index in [1.165, 1.54) is 0 Å². The molecule has 0 amide bonds. The first-order valence-electron chi connectivity index (χ1n) is 8.39. The van der Waals surface area contributed by atoms with Gasteiger partial charge in [-0.25, -0.2) is 0 Å². The van der Waals surface area contributed by atoms with Crippen LogP contribution in [0.4, 0.5) is 0 Å².